The molecule has 10 nitrogen and oxygen atoms in total. The average Bonchev–Trinajstić information content (AvgIpc) is 2.94. The molecule has 10 heteroatoms. The molecule has 0 aromatic heterocycles. The number of aromatic hydroxyl groups is 1. The van der Waals surface area contributed by atoms with Crippen molar-refractivity contribution in [3.05, 3.63) is 69.5 Å². The quantitative estimate of drug-likeness (QED) is 0.189. The molecular formula is C36H45N3O7. The molecule has 3 aliphatic rings. The number of nitrogens with zero attached hydrogens (tertiary/aromatic N) is 1. The molecular weight excluding hydrogens is 586 g/mol. The summed E-state index contributed by atoms with van der Waals surface area (Å²) in [5.74, 6) is -7.83. The van der Waals surface area contributed by atoms with E-state index in [2.05, 4.69) is 32.2 Å². The Kier molecular flexibility index (Phi) is 8.26. The van der Waals surface area contributed by atoms with Crippen molar-refractivity contribution >= 4 is 34.6 Å². The van der Waals surface area contributed by atoms with E-state index >= 15 is 0 Å². The standard InChI is InChI=1S/C36H45N3O7/c1-17(2)25-22-13-20-12-21-24(39(6)7)14-23(38-16-19-11-9-8-10-18(19)15-35(3,4)5)29(40)27(21)31(42)26(20)32(43)36(22,46)33(44)28(30(25)41)34(37)45/h8-11,14,17,20,22,25,38,40,42,44,46H,12-13,15-16H2,1-7H3,(H2,37,45)/t20-,22-,25-,36-/m0/s1. The van der Waals surface area contributed by atoms with Crippen LogP contribution in [-0.4, -0.2) is 57.6 Å². The number of Topliss-reactive ketones (excluding diaryl/α,β-unsaturated/α-hetero) is 2. The topological polar surface area (TPSA) is 173 Å². The fourth-order valence-corrected chi connectivity index (χ4v) is 7.73. The fraction of sp³-hybridized carbons (Fsp3) is 0.472. The Balaban J connectivity index is 1.63. The number of phenolic OH excluding ortho intramolecular Hbond substituents is 1. The highest BCUT2D eigenvalue weighted by molar-refractivity contribution is 6.23. The third kappa shape index (κ3) is 5.22. The number of hydrogen-bond acceptors (Lipinski definition) is 9. The van der Waals surface area contributed by atoms with Gasteiger partial charge in [-0.25, -0.2) is 0 Å². The van der Waals surface area contributed by atoms with Crippen LogP contribution >= 0.6 is 0 Å². The highest BCUT2D eigenvalue weighted by Gasteiger charge is 2.64. The maximum absolute atomic E-state index is 14.2. The van der Waals surface area contributed by atoms with Crippen LogP contribution in [-0.2, 0) is 33.8 Å². The molecule has 3 aliphatic carbocycles. The number of fused-ring (bicyclic) bond motifs is 3. The third-order valence-corrected chi connectivity index (χ3v) is 9.74. The van der Waals surface area contributed by atoms with Crippen LogP contribution < -0.4 is 16.0 Å². The van der Waals surface area contributed by atoms with Gasteiger partial charge in [0.2, 0.25) is 5.78 Å². The van der Waals surface area contributed by atoms with Crippen LogP contribution in [0.3, 0.4) is 0 Å². The zero-order chi connectivity index (χ0) is 34.0. The highest BCUT2D eigenvalue weighted by Crippen LogP contribution is 2.56. The Morgan fingerprint density at radius 1 is 1.11 bits per heavy atom. The van der Waals surface area contributed by atoms with E-state index in [0.29, 0.717) is 17.8 Å². The minimum Gasteiger partial charge on any atom is -0.508 e. The molecule has 4 atom stereocenters. The summed E-state index contributed by atoms with van der Waals surface area (Å²) in [6.45, 7) is 10.4. The van der Waals surface area contributed by atoms with E-state index in [9.17, 15) is 34.8 Å². The minimum atomic E-state index is -2.64. The first-order chi connectivity index (χ1) is 21.4. The van der Waals surface area contributed by atoms with Gasteiger partial charge in [0.1, 0.15) is 22.8 Å². The first-order valence-electron chi connectivity index (χ1n) is 15.7. The molecule has 5 rings (SSSR count). The Morgan fingerprint density at radius 3 is 2.30 bits per heavy atom. The van der Waals surface area contributed by atoms with Crippen molar-refractivity contribution in [1.29, 1.82) is 0 Å². The lowest BCUT2D eigenvalue weighted by molar-refractivity contribution is -0.155. The molecule has 0 bridgehead atoms. The van der Waals surface area contributed by atoms with Gasteiger partial charge in [0.05, 0.1) is 11.3 Å². The number of phenols is 1. The van der Waals surface area contributed by atoms with Crippen LogP contribution in [0.1, 0.15) is 63.3 Å². The number of nitrogens with one attached hydrogen (secondary N) is 1. The number of carbonyl (C=O) groups is 3. The van der Waals surface area contributed by atoms with E-state index in [1.807, 2.05) is 43.3 Å². The van der Waals surface area contributed by atoms with Gasteiger partial charge >= 0.3 is 0 Å². The van der Waals surface area contributed by atoms with Gasteiger partial charge in [0.15, 0.2) is 11.4 Å². The lowest BCUT2D eigenvalue weighted by atomic mass is 9.54. The Labute approximate surface area is 269 Å². The van der Waals surface area contributed by atoms with Crippen molar-refractivity contribution in [3.63, 3.8) is 0 Å². The Morgan fingerprint density at radius 2 is 1.74 bits per heavy atom. The van der Waals surface area contributed by atoms with Gasteiger partial charge in [0, 0.05) is 43.7 Å². The largest absolute Gasteiger partial charge is 0.508 e. The number of anilines is 2. The first kappa shape index (κ1) is 33.1. The summed E-state index contributed by atoms with van der Waals surface area (Å²) in [4.78, 5) is 41.7. The van der Waals surface area contributed by atoms with Crippen molar-refractivity contribution in [3.8, 4) is 5.75 Å². The lowest BCUT2D eigenvalue weighted by Gasteiger charge is -2.50. The number of ketones is 2. The Hall–Kier alpha value is -4.31. The van der Waals surface area contributed by atoms with Gasteiger partial charge in [-0.15, -0.1) is 0 Å². The van der Waals surface area contributed by atoms with Crippen LogP contribution in [0.15, 0.2) is 47.2 Å². The first-order valence-corrected chi connectivity index (χ1v) is 15.7. The number of rotatable bonds is 7. The molecule has 0 heterocycles. The molecule has 1 saturated carbocycles. The summed E-state index contributed by atoms with van der Waals surface area (Å²) in [6, 6.07) is 9.88. The van der Waals surface area contributed by atoms with E-state index in [-0.39, 0.29) is 35.1 Å². The van der Waals surface area contributed by atoms with Crippen LogP contribution in [0.5, 0.6) is 5.75 Å². The maximum atomic E-state index is 14.2. The number of amides is 1. The molecule has 0 saturated heterocycles. The van der Waals surface area contributed by atoms with E-state index in [1.165, 1.54) is 5.56 Å². The molecule has 2 aromatic rings. The summed E-state index contributed by atoms with van der Waals surface area (Å²) in [7, 11) is 3.69. The molecule has 2 aromatic carbocycles. The number of aliphatic hydroxyl groups excluding tert-OH is 2. The van der Waals surface area contributed by atoms with E-state index < -0.39 is 63.8 Å². The molecule has 0 spiro atoms. The number of aliphatic hydroxyl groups is 3. The molecule has 0 radical (unpaired) electrons. The van der Waals surface area contributed by atoms with Crippen molar-refractivity contribution in [1.82, 2.24) is 0 Å². The predicted molar refractivity (Wildman–Crippen MR) is 176 cm³/mol. The normalized spacial score (nSPS) is 24.5. The summed E-state index contributed by atoms with van der Waals surface area (Å²) < 4.78 is 0. The van der Waals surface area contributed by atoms with Gasteiger partial charge in [-0.2, -0.15) is 0 Å². The minimum absolute atomic E-state index is 0.0595. The number of carbonyl (C=O) groups excluding carboxylic acids is 3. The zero-order valence-corrected chi connectivity index (χ0v) is 27.6. The lowest BCUT2D eigenvalue weighted by Crippen LogP contribution is -2.62. The zero-order valence-electron chi connectivity index (χ0n) is 27.6. The molecule has 246 valence electrons. The number of primary amides is 1. The van der Waals surface area contributed by atoms with Gasteiger partial charge in [-0.05, 0) is 59.3 Å². The van der Waals surface area contributed by atoms with Gasteiger partial charge in [-0.1, -0.05) is 58.9 Å². The monoisotopic (exact) mass is 631 g/mol. The highest BCUT2D eigenvalue weighted by atomic mass is 16.3. The van der Waals surface area contributed by atoms with Crippen LogP contribution in [0.4, 0.5) is 11.4 Å². The predicted octanol–water partition coefficient (Wildman–Crippen LogP) is 4.57. The van der Waals surface area contributed by atoms with Crippen LogP contribution in [0.2, 0.25) is 0 Å². The van der Waals surface area contributed by atoms with Crippen molar-refractivity contribution < 1.29 is 34.8 Å². The second-order valence-corrected chi connectivity index (χ2v) is 14.7. The number of benzene rings is 2. The summed E-state index contributed by atoms with van der Waals surface area (Å²) in [6.07, 6.45) is 1.16. The smallest absolute Gasteiger partial charge is 0.255 e. The molecule has 1 fully saturated rings. The van der Waals surface area contributed by atoms with Crippen molar-refractivity contribution in [2.24, 2.45) is 34.8 Å². The SMILES string of the molecule is CC(C)[C@@H]1C(=O)C(C(N)=O)=C(O)[C@@]2(O)C(=O)C3=C(O)c4c(O)c(NCc5ccccc5CC(C)(C)C)cc(N(C)C)c4C[C@H]3C[C@@H]12. The van der Waals surface area contributed by atoms with E-state index in [0.717, 1.165) is 17.7 Å². The van der Waals surface area contributed by atoms with Crippen LogP contribution in [0.25, 0.3) is 5.76 Å². The number of nitrogens with two attached hydrogens (primary N) is 1. The molecule has 1 amide bonds. The van der Waals surface area contributed by atoms with E-state index in [1.54, 1.807) is 13.8 Å². The fourth-order valence-electron chi connectivity index (χ4n) is 7.73. The van der Waals surface area contributed by atoms with Crippen molar-refractivity contribution in [2.45, 2.75) is 66.0 Å². The number of hydrogen-bond donors (Lipinski definition) is 6. The third-order valence-electron chi connectivity index (χ3n) is 9.74. The molecule has 0 unspecified atom stereocenters. The molecule has 46 heavy (non-hydrogen) atoms. The van der Waals surface area contributed by atoms with E-state index in [4.69, 9.17) is 5.73 Å². The molecule has 0 aliphatic heterocycles. The average molecular weight is 632 g/mol. The second kappa shape index (κ2) is 11.5. The second-order valence-electron chi connectivity index (χ2n) is 14.7. The van der Waals surface area contributed by atoms with Gasteiger partial charge in [-0.3, -0.25) is 14.4 Å². The maximum Gasteiger partial charge on any atom is 0.255 e. The van der Waals surface area contributed by atoms with Gasteiger partial charge in [0.25, 0.3) is 5.91 Å². The van der Waals surface area contributed by atoms with Crippen LogP contribution in [0, 0.1) is 29.1 Å². The molecule has 7 N–H and O–H groups in total. The summed E-state index contributed by atoms with van der Waals surface area (Å²) in [5, 5.41) is 49.8. The summed E-state index contributed by atoms with van der Waals surface area (Å²) in [5.41, 5.74) is 5.88. The summed E-state index contributed by atoms with van der Waals surface area (Å²) >= 11 is 0. The Bertz CT molecular complexity index is 1700. The van der Waals surface area contributed by atoms with Gasteiger partial charge < -0.3 is 36.4 Å². The van der Waals surface area contributed by atoms with Crippen molar-refractivity contribution in [2.75, 3.05) is 24.3 Å².